The van der Waals surface area contributed by atoms with Gasteiger partial charge in [-0.05, 0) is 56.2 Å². The third-order valence-corrected chi connectivity index (χ3v) is 5.45. The summed E-state index contributed by atoms with van der Waals surface area (Å²) in [7, 11) is 0. The van der Waals surface area contributed by atoms with E-state index in [0.717, 1.165) is 0 Å². The fourth-order valence-corrected chi connectivity index (χ4v) is 3.82. The molecule has 0 spiro atoms. The number of furan rings is 1. The van der Waals surface area contributed by atoms with Gasteiger partial charge in [0, 0.05) is 23.0 Å². The molecule has 3 amide bonds. The van der Waals surface area contributed by atoms with Gasteiger partial charge in [-0.25, -0.2) is 4.79 Å². The first-order valence-corrected chi connectivity index (χ1v) is 11.8. The summed E-state index contributed by atoms with van der Waals surface area (Å²) >= 11 is 5.88. The van der Waals surface area contributed by atoms with Gasteiger partial charge in [-0.2, -0.15) is 0 Å². The standard InChI is InChI=1S/C26H28ClN3O6/c1-5-35-26(34)22-16(4)30(14-15(2)3)25(33)21(22)12-19-9-10-20(36-19)13-28-23(31)24(32)29-18-8-6-7-17(27)11-18/h6-12,15H,5,13-14H2,1-4H3,(H,28,31)(H,29,32). The average molecular weight is 514 g/mol. The fourth-order valence-electron chi connectivity index (χ4n) is 3.63. The molecule has 1 aliphatic rings. The lowest BCUT2D eigenvalue weighted by atomic mass is 10.1. The van der Waals surface area contributed by atoms with Crippen LogP contribution in [0.15, 0.2) is 57.7 Å². The Labute approximate surface area is 214 Å². The SMILES string of the molecule is CCOC(=O)C1=C(C)N(CC(C)C)C(=O)C1=Cc1ccc(CNC(=O)C(=O)Nc2cccc(Cl)c2)o1. The smallest absolute Gasteiger partial charge is 0.340 e. The molecule has 0 radical (unpaired) electrons. The van der Waals surface area contributed by atoms with Crippen LogP contribution in [0.5, 0.6) is 0 Å². The van der Waals surface area contributed by atoms with Gasteiger partial charge in [-0.1, -0.05) is 31.5 Å². The number of carbonyl (C=O) groups is 4. The highest BCUT2D eigenvalue weighted by Gasteiger charge is 2.37. The maximum Gasteiger partial charge on any atom is 0.340 e. The van der Waals surface area contributed by atoms with Crippen LogP contribution in [-0.2, 0) is 30.5 Å². The van der Waals surface area contributed by atoms with E-state index in [4.69, 9.17) is 20.8 Å². The number of amides is 3. The number of esters is 1. The number of hydrogen-bond acceptors (Lipinski definition) is 6. The van der Waals surface area contributed by atoms with Crippen molar-refractivity contribution >= 4 is 47.1 Å². The van der Waals surface area contributed by atoms with Gasteiger partial charge in [-0.3, -0.25) is 14.4 Å². The van der Waals surface area contributed by atoms with E-state index in [-0.39, 0.29) is 36.1 Å². The maximum absolute atomic E-state index is 13.1. The molecule has 2 aromatic rings. The largest absolute Gasteiger partial charge is 0.462 e. The summed E-state index contributed by atoms with van der Waals surface area (Å²) in [5.41, 5.74) is 1.30. The van der Waals surface area contributed by atoms with Crippen molar-refractivity contribution in [3.05, 3.63) is 69.8 Å². The molecule has 0 bridgehead atoms. The lowest BCUT2D eigenvalue weighted by Crippen LogP contribution is -2.34. The number of anilines is 1. The van der Waals surface area contributed by atoms with Gasteiger partial charge in [0.1, 0.15) is 11.5 Å². The lowest BCUT2D eigenvalue weighted by Gasteiger charge is -2.19. The molecule has 0 fully saturated rings. The number of ether oxygens (including phenoxy) is 1. The summed E-state index contributed by atoms with van der Waals surface area (Å²) in [5, 5.41) is 5.36. The molecule has 1 aromatic heterocycles. The number of nitrogens with one attached hydrogen (secondary N) is 2. The van der Waals surface area contributed by atoms with E-state index in [1.165, 1.54) is 12.1 Å². The number of carbonyl (C=O) groups excluding carboxylic acids is 4. The van der Waals surface area contributed by atoms with Crippen molar-refractivity contribution in [2.45, 2.75) is 34.2 Å². The molecule has 2 heterocycles. The molecule has 0 saturated carbocycles. The maximum atomic E-state index is 13.1. The van der Waals surface area contributed by atoms with Crippen LogP contribution in [0.1, 0.15) is 39.2 Å². The molecule has 2 N–H and O–H groups in total. The van der Waals surface area contributed by atoms with Crippen LogP contribution < -0.4 is 10.6 Å². The average Bonchev–Trinajstić information content (AvgIpc) is 3.35. The van der Waals surface area contributed by atoms with Crippen molar-refractivity contribution in [2.24, 2.45) is 5.92 Å². The van der Waals surface area contributed by atoms with Crippen LogP contribution in [0.4, 0.5) is 5.69 Å². The Morgan fingerprint density at radius 3 is 2.58 bits per heavy atom. The van der Waals surface area contributed by atoms with Gasteiger partial charge in [0.25, 0.3) is 5.91 Å². The number of nitrogens with zero attached hydrogens (tertiary/aromatic N) is 1. The Balaban J connectivity index is 1.71. The van der Waals surface area contributed by atoms with Crippen molar-refractivity contribution in [2.75, 3.05) is 18.5 Å². The second kappa shape index (κ2) is 11.7. The first kappa shape index (κ1) is 26.7. The number of benzene rings is 1. The molecule has 0 saturated heterocycles. The van der Waals surface area contributed by atoms with Crippen LogP contribution in [0.2, 0.25) is 5.02 Å². The van der Waals surface area contributed by atoms with E-state index in [9.17, 15) is 19.2 Å². The van der Waals surface area contributed by atoms with Crippen molar-refractivity contribution in [3.63, 3.8) is 0 Å². The third kappa shape index (κ3) is 6.42. The Morgan fingerprint density at radius 1 is 1.17 bits per heavy atom. The van der Waals surface area contributed by atoms with Gasteiger partial charge >= 0.3 is 17.8 Å². The molecule has 10 heteroatoms. The molecule has 0 atom stereocenters. The number of halogens is 1. The zero-order valence-corrected chi connectivity index (χ0v) is 21.3. The van der Waals surface area contributed by atoms with Gasteiger partial charge in [0.2, 0.25) is 0 Å². The van der Waals surface area contributed by atoms with E-state index >= 15 is 0 Å². The third-order valence-electron chi connectivity index (χ3n) is 5.22. The van der Waals surface area contributed by atoms with E-state index in [1.807, 2.05) is 13.8 Å². The normalized spacial score (nSPS) is 14.6. The molecule has 0 unspecified atom stereocenters. The summed E-state index contributed by atoms with van der Waals surface area (Å²) in [4.78, 5) is 51.5. The van der Waals surface area contributed by atoms with Crippen molar-refractivity contribution in [3.8, 4) is 0 Å². The summed E-state index contributed by atoms with van der Waals surface area (Å²) in [6.45, 7) is 7.95. The monoisotopic (exact) mass is 513 g/mol. The summed E-state index contributed by atoms with van der Waals surface area (Å²) in [6.07, 6.45) is 1.48. The van der Waals surface area contributed by atoms with E-state index in [2.05, 4.69) is 10.6 Å². The van der Waals surface area contributed by atoms with Gasteiger partial charge < -0.3 is 24.7 Å². The fraction of sp³-hybridized carbons (Fsp3) is 0.308. The highest BCUT2D eigenvalue weighted by atomic mass is 35.5. The number of hydrogen-bond donors (Lipinski definition) is 2. The van der Waals surface area contributed by atoms with Crippen molar-refractivity contribution in [1.29, 1.82) is 0 Å². The van der Waals surface area contributed by atoms with Crippen molar-refractivity contribution in [1.82, 2.24) is 10.2 Å². The van der Waals surface area contributed by atoms with E-state index in [1.54, 1.807) is 49.1 Å². The summed E-state index contributed by atoms with van der Waals surface area (Å²) in [5.74, 6) is -1.74. The predicted molar refractivity (Wildman–Crippen MR) is 134 cm³/mol. The summed E-state index contributed by atoms with van der Waals surface area (Å²) < 4.78 is 10.9. The molecule has 36 heavy (non-hydrogen) atoms. The van der Waals surface area contributed by atoms with Crippen LogP contribution in [0, 0.1) is 5.92 Å². The quantitative estimate of drug-likeness (QED) is 0.314. The Bertz CT molecular complexity index is 1240. The van der Waals surface area contributed by atoms with Crippen LogP contribution >= 0.6 is 11.6 Å². The minimum atomic E-state index is -0.857. The molecular weight excluding hydrogens is 486 g/mol. The van der Waals surface area contributed by atoms with Gasteiger partial charge in [0.15, 0.2) is 0 Å². The van der Waals surface area contributed by atoms with Gasteiger partial charge in [0.05, 0.1) is 24.3 Å². The lowest BCUT2D eigenvalue weighted by molar-refractivity contribution is -0.138. The first-order chi connectivity index (χ1) is 17.1. The van der Waals surface area contributed by atoms with Crippen LogP contribution in [-0.4, -0.2) is 41.7 Å². The Hall–Kier alpha value is -3.85. The highest BCUT2D eigenvalue weighted by molar-refractivity contribution is 6.39. The van der Waals surface area contributed by atoms with Crippen molar-refractivity contribution < 1.29 is 28.3 Å². The zero-order chi connectivity index (χ0) is 26.4. The Kier molecular flexibility index (Phi) is 8.71. The topological polar surface area (TPSA) is 118 Å². The zero-order valence-electron chi connectivity index (χ0n) is 20.5. The van der Waals surface area contributed by atoms with E-state index < -0.39 is 17.8 Å². The minimum Gasteiger partial charge on any atom is -0.462 e. The summed E-state index contributed by atoms with van der Waals surface area (Å²) in [6, 6.07) is 9.64. The van der Waals surface area contributed by atoms with Gasteiger partial charge in [-0.15, -0.1) is 0 Å². The molecule has 190 valence electrons. The number of allylic oxidation sites excluding steroid dienone is 1. The molecule has 0 aliphatic carbocycles. The second-order valence-corrected chi connectivity index (χ2v) is 8.94. The van der Waals surface area contributed by atoms with Crippen LogP contribution in [0.25, 0.3) is 6.08 Å². The van der Waals surface area contributed by atoms with Crippen LogP contribution in [0.3, 0.4) is 0 Å². The predicted octanol–water partition coefficient (Wildman–Crippen LogP) is 3.91. The highest BCUT2D eigenvalue weighted by Crippen LogP contribution is 2.32. The second-order valence-electron chi connectivity index (χ2n) is 8.50. The van der Waals surface area contributed by atoms with E-state index in [0.29, 0.717) is 34.5 Å². The molecular formula is C26H28ClN3O6. The Morgan fingerprint density at radius 2 is 1.92 bits per heavy atom. The first-order valence-electron chi connectivity index (χ1n) is 11.5. The molecule has 3 rings (SSSR count). The molecule has 1 aliphatic heterocycles. The number of rotatable bonds is 8. The minimum absolute atomic E-state index is 0.0575. The molecule has 9 nitrogen and oxygen atoms in total. The molecule has 1 aromatic carbocycles.